The molecule has 0 saturated heterocycles. The van der Waals surface area contributed by atoms with Crippen molar-refractivity contribution in [3.05, 3.63) is 58.7 Å². The zero-order chi connectivity index (χ0) is 18.8. The molecular weight excluding hydrogens is 328 g/mol. The highest BCUT2D eigenvalue weighted by molar-refractivity contribution is 6.06. The number of fused-ring (bicyclic) bond motifs is 1. The molecule has 1 atom stereocenters. The van der Waals surface area contributed by atoms with E-state index < -0.39 is 6.04 Å². The van der Waals surface area contributed by atoms with E-state index in [9.17, 15) is 9.59 Å². The van der Waals surface area contributed by atoms with Gasteiger partial charge in [0, 0.05) is 12.5 Å². The molecule has 5 nitrogen and oxygen atoms in total. The third kappa shape index (κ3) is 3.43. The molecule has 3 rings (SSSR count). The van der Waals surface area contributed by atoms with E-state index in [1.165, 1.54) is 6.92 Å². The van der Waals surface area contributed by atoms with Crippen molar-refractivity contribution in [2.75, 3.05) is 11.5 Å². The minimum Gasteiger partial charge on any atom is -0.494 e. The van der Waals surface area contributed by atoms with E-state index in [1.807, 2.05) is 51.1 Å². The summed E-state index contributed by atoms with van der Waals surface area (Å²) in [6.07, 6.45) is 0. The van der Waals surface area contributed by atoms with Crippen molar-refractivity contribution in [3.63, 3.8) is 0 Å². The summed E-state index contributed by atoms with van der Waals surface area (Å²) in [5.41, 5.74) is 4.89. The molecule has 2 aromatic rings. The average molecular weight is 352 g/mol. The van der Waals surface area contributed by atoms with Gasteiger partial charge in [-0.25, -0.2) is 0 Å². The molecule has 0 aromatic heterocycles. The van der Waals surface area contributed by atoms with Crippen LogP contribution in [0.4, 0.5) is 5.69 Å². The minimum absolute atomic E-state index is 0.0993. The molecule has 2 amide bonds. The number of ether oxygens (including phenoxy) is 1. The van der Waals surface area contributed by atoms with E-state index in [0.717, 1.165) is 33.7 Å². The number of hydrogen-bond donors (Lipinski definition) is 1. The van der Waals surface area contributed by atoms with Crippen LogP contribution in [-0.2, 0) is 16.1 Å². The summed E-state index contributed by atoms with van der Waals surface area (Å²) in [6, 6.07) is 11.2. The SMILES string of the molecule is CCOc1ccc(CN2C(=O)[C@H](NC(C)=O)c3cc(C)cc(C)c32)cc1. The van der Waals surface area contributed by atoms with Gasteiger partial charge >= 0.3 is 0 Å². The van der Waals surface area contributed by atoms with E-state index in [1.54, 1.807) is 4.90 Å². The number of hydrogen-bond acceptors (Lipinski definition) is 3. The largest absolute Gasteiger partial charge is 0.494 e. The van der Waals surface area contributed by atoms with Gasteiger partial charge in [-0.3, -0.25) is 9.59 Å². The molecule has 0 fully saturated rings. The highest BCUT2D eigenvalue weighted by Gasteiger charge is 2.38. The van der Waals surface area contributed by atoms with Crippen molar-refractivity contribution >= 4 is 17.5 Å². The Balaban J connectivity index is 1.95. The number of aryl methyl sites for hydroxylation is 2. The quantitative estimate of drug-likeness (QED) is 0.897. The maximum atomic E-state index is 13.0. The van der Waals surface area contributed by atoms with Gasteiger partial charge in [0.2, 0.25) is 5.91 Å². The predicted octanol–water partition coefficient (Wildman–Crippen LogP) is 3.43. The molecule has 1 aliphatic rings. The average Bonchev–Trinajstić information content (AvgIpc) is 2.82. The zero-order valence-corrected chi connectivity index (χ0v) is 15.6. The molecule has 136 valence electrons. The topological polar surface area (TPSA) is 58.6 Å². The van der Waals surface area contributed by atoms with Crippen molar-refractivity contribution in [1.29, 1.82) is 0 Å². The second-order valence-corrected chi connectivity index (χ2v) is 6.65. The molecule has 0 saturated carbocycles. The van der Waals surface area contributed by atoms with Gasteiger partial charge in [-0.2, -0.15) is 0 Å². The Bertz CT molecular complexity index is 843. The van der Waals surface area contributed by atoms with Crippen LogP contribution in [-0.4, -0.2) is 18.4 Å². The van der Waals surface area contributed by atoms with Crippen LogP contribution < -0.4 is 15.0 Å². The number of nitrogens with zero attached hydrogens (tertiary/aromatic N) is 1. The van der Waals surface area contributed by atoms with Gasteiger partial charge < -0.3 is 15.0 Å². The van der Waals surface area contributed by atoms with Gasteiger partial charge in [0.05, 0.1) is 18.8 Å². The minimum atomic E-state index is -0.621. The lowest BCUT2D eigenvalue weighted by Crippen LogP contribution is -2.36. The van der Waals surface area contributed by atoms with Gasteiger partial charge in [-0.15, -0.1) is 0 Å². The first kappa shape index (κ1) is 18.0. The summed E-state index contributed by atoms with van der Waals surface area (Å²) in [7, 11) is 0. The van der Waals surface area contributed by atoms with Gasteiger partial charge in [-0.1, -0.05) is 29.8 Å². The Labute approximate surface area is 154 Å². The second-order valence-electron chi connectivity index (χ2n) is 6.65. The fourth-order valence-electron chi connectivity index (χ4n) is 3.52. The molecule has 0 bridgehead atoms. The van der Waals surface area contributed by atoms with Gasteiger partial charge in [-0.05, 0) is 44.0 Å². The van der Waals surface area contributed by atoms with Crippen LogP contribution >= 0.6 is 0 Å². The molecule has 1 heterocycles. The maximum absolute atomic E-state index is 13.0. The molecule has 5 heteroatoms. The van der Waals surface area contributed by atoms with Crippen LogP contribution in [0.25, 0.3) is 0 Å². The van der Waals surface area contributed by atoms with Gasteiger partial charge in [0.1, 0.15) is 11.8 Å². The molecule has 1 N–H and O–H groups in total. The van der Waals surface area contributed by atoms with E-state index in [-0.39, 0.29) is 11.8 Å². The van der Waals surface area contributed by atoms with Crippen LogP contribution in [0.2, 0.25) is 0 Å². The third-order valence-corrected chi connectivity index (χ3v) is 4.49. The van der Waals surface area contributed by atoms with Gasteiger partial charge in [0.15, 0.2) is 0 Å². The number of nitrogens with one attached hydrogen (secondary N) is 1. The number of benzene rings is 2. The van der Waals surface area contributed by atoms with Crippen molar-refractivity contribution in [2.45, 2.75) is 40.3 Å². The predicted molar refractivity (Wildman–Crippen MR) is 101 cm³/mol. The number of carbonyl (C=O) groups excluding carboxylic acids is 2. The third-order valence-electron chi connectivity index (χ3n) is 4.49. The molecule has 0 spiro atoms. The molecular formula is C21H24N2O3. The normalized spacial score (nSPS) is 15.8. The fourth-order valence-corrected chi connectivity index (χ4v) is 3.52. The smallest absolute Gasteiger partial charge is 0.254 e. The molecule has 2 aromatic carbocycles. The summed E-state index contributed by atoms with van der Waals surface area (Å²) in [6.45, 7) is 8.45. The first-order valence-electron chi connectivity index (χ1n) is 8.82. The fraction of sp³-hybridized carbons (Fsp3) is 0.333. The summed E-state index contributed by atoms with van der Waals surface area (Å²) < 4.78 is 5.47. The van der Waals surface area contributed by atoms with Gasteiger partial charge in [0.25, 0.3) is 5.91 Å². The van der Waals surface area contributed by atoms with Crippen molar-refractivity contribution < 1.29 is 14.3 Å². The number of rotatable bonds is 5. The molecule has 0 aliphatic carbocycles. The monoisotopic (exact) mass is 352 g/mol. The van der Waals surface area contributed by atoms with Crippen LogP contribution in [0.3, 0.4) is 0 Å². The Morgan fingerprint density at radius 2 is 1.88 bits per heavy atom. The molecule has 26 heavy (non-hydrogen) atoms. The number of carbonyl (C=O) groups is 2. The molecule has 1 aliphatic heterocycles. The van der Waals surface area contributed by atoms with Crippen LogP contribution in [0, 0.1) is 13.8 Å². The van der Waals surface area contributed by atoms with Crippen molar-refractivity contribution in [2.24, 2.45) is 0 Å². The summed E-state index contributed by atoms with van der Waals surface area (Å²) in [5.74, 6) is 0.501. The summed E-state index contributed by atoms with van der Waals surface area (Å²) >= 11 is 0. The van der Waals surface area contributed by atoms with Crippen LogP contribution in [0.1, 0.15) is 42.1 Å². The van der Waals surface area contributed by atoms with Crippen LogP contribution in [0.5, 0.6) is 5.75 Å². The Hall–Kier alpha value is -2.82. The molecule has 0 radical (unpaired) electrons. The first-order chi connectivity index (χ1) is 12.4. The Morgan fingerprint density at radius 1 is 1.19 bits per heavy atom. The second kappa shape index (κ2) is 7.20. The maximum Gasteiger partial charge on any atom is 0.254 e. The lowest BCUT2D eigenvalue weighted by molar-refractivity contribution is -0.126. The van der Waals surface area contributed by atoms with E-state index >= 15 is 0 Å². The lowest BCUT2D eigenvalue weighted by atomic mass is 10.0. The Morgan fingerprint density at radius 3 is 2.50 bits per heavy atom. The lowest BCUT2D eigenvalue weighted by Gasteiger charge is -2.20. The first-order valence-corrected chi connectivity index (χ1v) is 8.82. The van der Waals surface area contributed by atoms with E-state index in [0.29, 0.717) is 13.2 Å². The zero-order valence-electron chi connectivity index (χ0n) is 15.6. The summed E-state index contributed by atoms with van der Waals surface area (Å²) in [4.78, 5) is 26.4. The van der Waals surface area contributed by atoms with Crippen molar-refractivity contribution in [1.82, 2.24) is 5.32 Å². The highest BCUT2D eigenvalue weighted by atomic mass is 16.5. The number of amides is 2. The highest BCUT2D eigenvalue weighted by Crippen LogP contribution is 2.40. The van der Waals surface area contributed by atoms with E-state index in [4.69, 9.17) is 4.74 Å². The molecule has 0 unspecified atom stereocenters. The summed E-state index contributed by atoms with van der Waals surface area (Å²) in [5, 5.41) is 2.79. The van der Waals surface area contributed by atoms with Crippen molar-refractivity contribution in [3.8, 4) is 5.75 Å². The Kier molecular flexibility index (Phi) is 4.98. The van der Waals surface area contributed by atoms with E-state index in [2.05, 4.69) is 11.4 Å². The number of anilines is 1. The standard InChI is InChI=1S/C21H24N2O3/c1-5-26-17-8-6-16(7-9-17)12-23-20-14(3)10-13(2)11-18(20)19(21(23)25)22-15(4)24/h6-11,19H,5,12H2,1-4H3,(H,22,24)/t19-/m1/s1. The van der Waals surface area contributed by atoms with Crippen LogP contribution in [0.15, 0.2) is 36.4 Å².